The van der Waals surface area contributed by atoms with E-state index >= 15 is 0 Å². The molecule has 0 spiro atoms. The van der Waals surface area contributed by atoms with Crippen LogP contribution in [0, 0.1) is 5.82 Å². The Balaban J connectivity index is 1.45. The summed E-state index contributed by atoms with van der Waals surface area (Å²) in [7, 11) is 3.17. The summed E-state index contributed by atoms with van der Waals surface area (Å²) >= 11 is 2.91. The molecule has 148 valence electrons. The van der Waals surface area contributed by atoms with Gasteiger partial charge in [0.05, 0.1) is 25.5 Å². The van der Waals surface area contributed by atoms with Crippen LogP contribution in [0.4, 0.5) is 4.39 Å². The number of aromatic nitrogens is 3. The molecule has 0 saturated heterocycles. The van der Waals surface area contributed by atoms with Gasteiger partial charge in [-0.1, -0.05) is 11.8 Å². The molecular weight excluding hydrogens is 413 g/mol. The Morgan fingerprint density at radius 3 is 2.66 bits per heavy atom. The Morgan fingerprint density at radius 2 is 1.90 bits per heavy atom. The highest BCUT2D eigenvalue weighted by molar-refractivity contribution is 7.98. The molecule has 0 aliphatic heterocycles. The average Bonchev–Trinajstić information content (AvgIpc) is 3.42. The second-order valence-electron chi connectivity index (χ2n) is 5.88. The van der Waals surface area contributed by atoms with Crippen LogP contribution in [-0.4, -0.2) is 29.4 Å². The number of ether oxygens (including phenoxy) is 2. The van der Waals surface area contributed by atoms with E-state index in [1.807, 2.05) is 11.4 Å². The number of halogens is 1. The fourth-order valence-electron chi connectivity index (χ4n) is 2.59. The van der Waals surface area contributed by atoms with Gasteiger partial charge in [-0.25, -0.2) is 9.37 Å². The summed E-state index contributed by atoms with van der Waals surface area (Å²) < 4.78 is 29.4. The number of hydrogen-bond donors (Lipinski definition) is 0. The first kappa shape index (κ1) is 19.4. The molecule has 0 atom stereocenters. The number of hydrogen-bond acceptors (Lipinski definition) is 8. The molecule has 0 bridgehead atoms. The molecule has 6 nitrogen and oxygen atoms in total. The lowest BCUT2D eigenvalue weighted by Crippen LogP contribution is -1.90. The normalized spacial score (nSPS) is 10.9. The van der Waals surface area contributed by atoms with Crippen molar-refractivity contribution in [3.05, 3.63) is 59.4 Å². The van der Waals surface area contributed by atoms with E-state index in [0.717, 1.165) is 16.3 Å². The summed E-state index contributed by atoms with van der Waals surface area (Å²) in [4.78, 5) is 4.59. The number of rotatable bonds is 7. The molecule has 0 fully saturated rings. The smallest absolute Gasteiger partial charge is 0.277 e. The van der Waals surface area contributed by atoms with Crippen LogP contribution in [0.1, 0.15) is 5.69 Å². The molecule has 0 N–H and O–H groups in total. The van der Waals surface area contributed by atoms with Gasteiger partial charge >= 0.3 is 0 Å². The summed E-state index contributed by atoms with van der Waals surface area (Å²) in [5.74, 6) is 1.96. The highest BCUT2D eigenvalue weighted by Crippen LogP contribution is 2.34. The van der Waals surface area contributed by atoms with Gasteiger partial charge in [0.2, 0.25) is 0 Å². The van der Waals surface area contributed by atoms with Crippen molar-refractivity contribution in [3.8, 4) is 33.5 Å². The van der Waals surface area contributed by atoms with E-state index in [-0.39, 0.29) is 5.82 Å². The van der Waals surface area contributed by atoms with Gasteiger partial charge in [0.15, 0.2) is 0 Å². The summed E-state index contributed by atoms with van der Waals surface area (Å²) in [6.07, 6.45) is 0. The number of nitrogens with zero attached hydrogens (tertiary/aromatic N) is 3. The van der Waals surface area contributed by atoms with Crippen molar-refractivity contribution in [1.29, 1.82) is 0 Å². The Kier molecular flexibility index (Phi) is 5.77. The van der Waals surface area contributed by atoms with Gasteiger partial charge in [-0.2, -0.15) is 0 Å². The minimum Gasteiger partial charge on any atom is -0.497 e. The predicted octanol–water partition coefficient (Wildman–Crippen LogP) is 5.31. The van der Waals surface area contributed by atoms with Crippen LogP contribution < -0.4 is 9.47 Å². The van der Waals surface area contributed by atoms with Gasteiger partial charge < -0.3 is 13.9 Å². The SMILES string of the molecule is COc1ccc(-c2nnc(SCc3csc(-c4ccc(F)cc4)n3)o2)c(OC)c1. The van der Waals surface area contributed by atoms with E-state index < -0.39 is 0 Å². The fourth-order valence-corrected chi connectivity index (χ4v) is 4.17. The quantitative estimate of drug-likeness (QED) is 0.369. The second-order valence-corrected chi connectivity index (χ2v) is 7.66. The number of methoxy groups -OCH3 is 2. The van der Waals surface area contributed by atoms with E-state index in [1.54, 1.807) is 38.5 Å². The van der Waals surface area contributed by atoms with Gasteiger partial charge in [0.25, 0.3) is 11.1 Å². The van der Waals surface area contributed by atoms with Crippen molar-refractivity contribution in [1.82, 2.24) is 15.2 Å². The predicted molar refractivity (Wildman–Crippen MR) is 110 cm³/mol. The number of thioether (sulfide) groups is 1. The topological polar surface area (TPSA) is 70.3 Å². The molecule has 0 saturated carbocycles. The Bertz CT molecular complexity index is 1110. The lowest BCUT2D eigenvalue weighted by molar-refractivity contribution is 0.393. The van der Waals surface area contributed by atoms with E-state index in [0.29, 0.717) is 33.9 Å². The molecule has 9 heteroatoms. The lowest BCUT2D eigenvalue weighted by Gasteiger charge is -2.07. The van der Waals surface area contributed by atoms with Crippen molar-refractivity contribution in [2.45, 2.75) is 11.0 Å². The number of benzene rings is 2. The summed E-state index contributed by atoms with van der Waals surface area (Å²) in [5, 5.41) is 11.5. The van der Waals surface area contributed by atoms with Crippen LogP contribution in [0.3, 0.4) is 0 Å². The van der Waals surface area contributed by atoms with Gasteiger partial charge in [0, 0.05) is 22.8 Å². The number of thiazole rings is 1. The minimum absolute atomic E-state index is 0.262. The first-order chi connectivity index (χ1) is 14.2. The maximum atomic E-state index is 13.1. The molecule has 2 aromatic heterocycles. The Morgan fingerprint density at radius 1 is 1.07 bits per heavy atom. The molecule has 2 aromatic carbocycles. The van der Waals surface area contributed by atoms with E-state index in [9.17, 15) is 4.39 Å². The average molecular weight is 429 g/mol. The highest BCUT2D eigenvalue weighted by atomic mass is 32.2. The van der Waals surface area contributed by atoms with Crippen molar-refractivity contribution in [3.63, 3.8) is 0 Å². The van der Waals surface area contributed by atoms with Crippen LogP contribution in [0.2, 0.25) is 0 Å². The zero-order chi connectivity index (χ0) is 20.2. The van der Waals surface area contributed by atoms with Crippen LogP contribution in [-0.2, 0) is 5.75 Å². The Hall–Kier alpha value is -2.91. The summed E-state index contributed by atoms with van der Waals surface area (Å²) in [6.45, 7) is 0. The van der Waals surface area contributed by atoms with E-state index in [1.165, 1.54) is 35.2 Å². The van der Waals surface area contributed by atoms with E-state index in [2.05, 4.69) is 15.2 Å². The first-order valence-electron chi connectivity index (χ1n) is 8.55. The summed E-state index contributed by atoms with van der Waals surface area (Å²) in [5.41, 5.74) is 2.47. The highest BCUT2D eigenvalue weighted by Gasteiger charge is 2.15. The lowest BCUT2D eigenvalue weighted by atomic mass is 10.2. The van der Waals surface area contributed by atoms with Gasteiger partial charge in [-0.15, -0.1) is 21.5 Å². The third-order valence-electron chi connectivity index (χ3n) is 4.03. The third-order valence-corrected chi connectivity index (χ3v) is 5.82. The van der Waals surface area contributed by atoms with E-state index in [4.69, 9.17) is 13.9 Å². The molecule has 4 rings (SSSR count). The molecule has 2 heterocycles. The van der Waals surface area contributed by atoms with Crippen LogP contribution >= 0.6 is 23.1 Å². The Labute approximate surface area is 174 Å². The van der Waals surface area contributed by atoms with Crippen molar-refractivity contribution >= 4 is 23.1 Å². The maximum absolute atomic E-state index is 13.1. The zero-order valence-electron chi connectivity index (χ0n) is 15.6. The monoisotopic (exact) mass is 429 g/mol. The third kappa shape index (κ3) is 4.41. The van der Waals surface area contributed by atoms with Gasteiger partial charge in [-0.05, 0) is 36.4 Å². The molecule has 29 heavy (non-hydrogen) atoms. The zero-order valence-corrected chi connectivity index (χ0v) is 17.2. The largest absolute Gasteiger partial charge is 0.497 e. The molecule has 0 amide bonds. The molecule has 0 aliphatic carbocycles. The standard InChI is InChI=1S/C20H16FN3O3S2/c1-25-15-7-8-16(17(9-15)26-2)18-23-24-20(27-18)29-11-14-10-28-19(22-14)12-3-5-13(21)6-4-12/h3-10H,11H2,1-2H3. The van der Waals surface area contributed by atoms with Crippen molar-refractivity contribution < 1.29 is 18.3 Å². The van der Waals surface area contributed by atoms with Crippen molar-refractivity contribution in [2.24, 2.45) is 0 Å². The molecule has 0 unspecified atom stereocenters. The fraction of sp³-hybridized carbons (Fsp3) is 0.150. The molecule has 4 aromatic rings. The maximum Gasteiger partial charge on any atom is 0.277 e. The summed E-state index contributed by atoms with van der Waals surface area (Å²) in [6, 6.07) is 11.7. The second kappa shape index (κ2) is 8.62. The van der Waals surface area contributed by atoms with Crippen LogP contribution in [0.25, 0.3) is 22.0 Å². The molecular formula is C20H16FN3O3S2. The van der Waals surface area contributed by atoms with Gasteiger partial charge in [-0.3, -0.25) is 0 Å². The minimum atomic E-state index is -0.262. The van der Waals surface area contributed by atoms with Crippen molar-refractivity contribution in [2.75, 3.05) is 14.2 Å². The molecule has 0 radical (unpaired) electrons. The first-order valence-corrected chi connectivity index (χ1v) is 10.4. The van der Waals surface area contributed by atoms with Crippen LogP contribution in [0.15, 0.2) is 57.5 Å². The molecule has 0 aliphatic rings. The van der Waals surface area contributed by atoms with Gasteiger partial charge in [0.1, 0.15) is 22.3 Å². The van der Waals surface area contributed by atoms with Crippen LogP contribution in [0.5, 0.6) is 11.5 Å².